The predicted octanol–water partition coefficient (Wildman–Crippen LogP) is 4.92. The van der Waals surface area contributed by atoms with Gasteiger partial charge in [0.1, 0.15) is 23.1 Å². The summed E-state index contributed by atoms with van der Waals surface area (Å²) in [7, 11) is 0. The molecule has 16 heteroatoms. The summed E-state index contributed by atoms with van der Waals surface area (Å²) in [6.45, 7) is 0.123. The highest BCUT2D eigenvalue weighted by atomic mass is 32.2. The second-order valence-electron chi connectivity index (χ2n) is 15.9. The third-order valence-corrected chi connectivity index (χ3v) is 14.9. The number of carbonyl (C=O) groups excluding carboxylic acids is 2. The zero-order valence-electron chi connectivity index (χ0n) is 33.0. The molecule has 3 unspecified atom stereocenters. The molecule has 314 valence electrons. The second-order valence-corrected chi connectivity index (χ2v) is 18.3. The molecule has 4 aliphatic rings. The molecule has 2 amide bonds. The van der Waals surface area contributed by atoms with Crippen molar-refractivity contribution in [3.05, 3.63) is 142 Å². The van der Waals surface area contributed by atoms with E-state index >= 15 is 0 Å². The van der Waals surface area contributed by atoms with Crippen molar-refractivity contribution in [3.8, 4) is 11.5 Å². The number of aromatic nitrogens is 1. The summed E-state index contributed by atoms with van der Waals surface area (Å²) in [5, 5.41) is 42.8. The molecule has 0 spiro atoms. The summed E-state index contributed by atoms with van der Waals surface area (Å²) >= 11 is -0.608. The first-order chi connectivity index (χ1) is 29.6. The Morgan fingerprint density at radius 1 is 0.918 bits per heavy atom. The number of aliphatic carboxylic acids is 1. The lowest BCUT2D eigenvalue weighted by molar-refractivity contribution is -0.162. The molecular weight excluding hydrogens is 817 g/mol. The monoisotopic (exact) mass is 860 g/mol. The van der Waals surface area contributed by atoms with Gasteiger partial charge in [0.15, 0.2) is 33.9 Å². The number of oxime groups is 1. The largest absolute Gasteiger partial charge is 0.615 e. The van der Waals surface area contributed by atoms with Gasteiger partial charge in [-0.25, -0.2) is 9.78 Å². The molecule has 61 heavy (non-hydrogen) atoms. The fraction of sp³-hybridized carbons (Fsp3) is 0.311. The van der Waals surface area contributed by atoms with Crippen LogP contribution in [-0.4, -0.2) is 100 Å². The van der Waals surface area contributed by atoms with Gasteiger partial charge in [0.2, 0.25) is 5.37 Å². The minimum absolute atomic E-state index is 0.105. The second kappa shape index (κ2) is 16.5. The number of nitrogens with zero attached hydrogens (tertiary/aromatic N) is 4. The number of hydrogen-bond donors (Lipinski definition) is 5. The lowest BCUT2D eigenvalue weighted by Crippen LogP contribution is -2.82. The van der Waals surface area contributed by atoms with E-state index in [0.29, 0.717) is 17.1 Å². The quantitative estimate of drug-likeness (QED) is 0.0285. The summed E-state index contributed by atoms with van der Waals surface area (Å²) in [6.07, 6.45) is 3.70. The van der Waals surface area contributed by atoms with Gasteiger partial charge in [-0.3, -0.25) is 19.4 Å². The summed E-state index contributed by atoms with van der Waals surface area (Å²) in [5.41, 5.74) is 1.79. The number of phenols is 2. The Labute approximate surface area is 359 Å². The van der Waals surface area contributed by atoms with E-state index in [4.69, 9.17) is 9.82 Å². The fourth-order valence-corrected chi connectivity index (χ4v) is 11.8. The van der Waals surface area contributed by atoms with Crippen LogP contribution in [0.4, 0.5) is 5.13 Å². The predicted molar refractivity (Wildman–Crippen MR) is 230 cm³/mol. The third-order valence-electron chi connectivity index (χ3n) is 12.3. The highest BCUT2D eigenvalue weighted by molar-refractivity contribution is 7.92. The van der Waals surface area contributed by atoms with Gasteiger partial charge in [0.05, 0.1) is 6.54 Å². The smallest absolute Gasteiger partial charge is 0.330 e. The molecule has 9 rings (SSSR count). The van der Waals surface area contributed by atoms with Gasteiger partial charge in [-0.15, -0.1) is 11.3 Å². The number of β-lactam (4-membered cyclic amide) rings is 1. The van der Waals surface area contributed by atoms with Crippen molar-refractivity contribution in [1.82, 2.24) is 20.1 Å². The summed E-state index contributed by atoms with van der Waals surface area (Å²) in [5.74, 6) is -3.41. The number of hydrogen-bond acceptors (Lipinski definition) is 12. The molecule has 14 nitrogen and oxygen atoms in total. The molecule has 1 aliphatic carbocycles. The summed E-state index contributed by atoms with van der Waals surface area (Å²) in [4.78, 5) is 55.0. The Kier molecular flexibility index (Phi) is 10.9. The number of anilines is 1. The van der Waals surface area contributed by atoms with Crippen LogP contribution in [0, 0.1) is 0 Å². The van der Waals surface area contributed by atoms with Crippen molar-refractivity contribution < 1.29 is 39.1 Å². The van der Waals surface area contributed by atoms with Crippen LogP contribution in [0.15, 0.2) is 114 Å². The van der Waals surface area contributed by atoms with Gasteiger partial charge in [-0.1, -0.05) is 96.2 Å². The van der Waals surface area contributed by atoms with Crippen molar-refractivity contribution in [2.75, 3.05) is 24.2 Å². The molecule has 5 aromatic rings. The van der Waals surface area contributed by atoms with Crippen LogP contribution < -0.4 is 10.6 Å². The van der Waals surface area contributed by atoms with Crippen LogP contribution in [0.3, 0.4) is 0 Å². The van der Waals surface area contributed by atoms with Crippen LogP contribution in [0.2, 0.25) is 0 Å². The van der Waals surface area contributed by atoms with E-state index in [1.54, 1.807) is 10.3 Å². The van der Waals surface area contributed by atoms with Crippen molar-refractivity contribution in [1.29, 1.82) is 0 Å². The van der Waals surface area contributed by atoms with E-state index in [-0.39, 0.29) is 54.4 Å². The standard InChI is InChI=1S/C45H44N6O8S2/c52-35-22-28-20-21-50(24-29(28)23-36(35)53)44(42(56)57)26-51-40(55)38(41(51)61(58)27-44)47-39(54)37(49-59-33-18-10-11-19-33)34-25-60-43(46-34)48-45(30-12-4-1-5-13-30,31-14-6-2-7-15-31)32-16-8-3-9-17-32/h1-9,12-17,22-23,25,33,38,41,52-53H,10-11,18-21,24,26-27H2,(H,46,48)(H,47,54)(H,56,57)/t38?,41-,44?,61?/m1/s1. The van der Waals surface area contributed by atoms with Gasteiger partial charge in [-0.2, -0.15) is 0 Å². The van der Waals surface area contributed by atoms with Crippen LogP contribution in [0.1, 0.15) is 59.2 Å². The topological polar surface area (TPSA) is 200 Å². The van der Waals surface area contributed by atoms with Gasteiger partial charge in [0.25, 0.3) is 11.8 Å². The van der Waals surface area contributed by atoms with E-state index in [1.165, 1.54) is 28.4 Å². The first-order valence-electron chi connectivity index (χ1n) is 20.2. The zero-order chi connectivity index (χ0) is 42.3. The number of carboxylic acids is 1. The number of aromatic hydroxyl groups is 2. The minimum Gasteiger partial charge on any atom is -0.615 e. The van der Waals surface area contributed by atoms with E-state index in [1.807, 2.05) is 54.6 Å². The molecule has 0 radical (unpaired) electrons. The number of benzene rings is 4. The van der Waals surface area contributed by atoms with Gasteiger partial charge in [0, 0.05) is 18.5 Å². The van der Waals surface area contributed by atoms with Crippen molar-refractivity contribution in [2.45, 2.75) is 67.2 Å². The fourth-order valence-electron chi connectivity index (χ4n) is 9.09. The Morgan fingerprint density at radius 3 is 2.10 bits per heavy atom. The molecule has 3 fully saturated rings. The molecule has 1 saturated carbocycles. The lowest BCUT2D eigenvalue weighted by Gasteiger charge is -2.56. The van der Waals surface area contributed by atoms with Crippen molar-refractivity contribution in [2.24, 2.45) is 5.16 Å². The first-order valence-corrected chi connectivity index (χ1v) is 22.5. The van der Waals surface area contributed by atoms with E-state index in [9.17, 15) is 34.3 Å². The average molecular weight is 861 g/mol. The van der Waals surface area contributed by atoms with Crippen molar-refractivity contribution in [3.63, 3.8) is 0 Å². The Balaban J connectivity index is 0.983. The molecular formula is C45H44N6O8S2. The molecule has 4 atom stereocenters. The number of thiazole rings is 1. The van der Waals surface area contributed by atoms with Crippen LogP contribution in [0.25, 0.3) is 0 Å². The van der Waals surface area contributed by atoms with E-state index in [2.05, 4.69) is 52.2 Å². The van der Waals surface area contributed by atoms with E-state index in [0.717, 1.165) is 47.9 Å². The Morgan fingerprint density at radius 2 is 1.51 bits per heavy atom. The molecule has 5 N–H and O–H groups in total. The first kappa shape index (κ1) is 40.5. The number of fused-ring (bicyclic) bond motifs is 2. The molecule has 2 saturated heterocycles. The average Bonchev–Trinajstić information content (AvgIpc) is 3.98. The molecule has 1 aromatic heterocycles. The van der Waals surface area contributed by atoms with Gasteiger partial charge < -0.3 is 35.3 Å². The highest BCUT2D eigenvalue weighted by Gasteiger charge is 2.66. The highest BCUT2D eigenvalue weighted by Crippen LogP contribution is 2.42. The molecule has 3 aliphatic heterocycles. The maximum absolute atomic E-state index is 14.3. The van der Waals surface area contributed by atoms with Crippen LogP contribution in [0.5, 0.6) is 11.5 Å². The van der Waals surface area contributed by atoms with Crippen molar-refractivity contribution >= 4 is 51.1 Å². The van der Waals surface area contributed by atoms with Gasteiger partial charge >= 0.3 is 5.97 Å². The zero-order valence-corrected chi connectivity index (χ0v) is 34.6. The number of nitrogens with one attached hydrogen (secondary N) is 2. The van der Waals surface area contributed by atoms with Gasteiger partial charge in [-0.05, 0) is 83.2 Å². The number of rotatable bonds is 12. The molecule has 0 bridgehead atoms. The molecule has 4 aromatic carbocycles. The molecule has 4 heterocycles. The number of carboxylic acid groups (broad SMARTS) is 1. The Hall–Kier alpha value is -5.94. The number of carbonyl (C=O) groups is 3. The number of phenolic OH excluding ortho intramolecular Hbond substituents is 2. The van der Waals surface area contributed by atoms with E-state index < -0.39 is 51.5 Å². The Bertz CT molecular complexity index is 2370. The van der Waals surface area contributed by atoms with Crippen LogP contribution >= 0.6 is 11.3 Å². The SMILES string of the molecule is O=C(NC1C(=O)N2CC(C(=O)O)(N3CCc4cc(O)c(O)cc4C3)C[S+]([O-])[C@H]12)C(=NOC1CCCC1)c1csc(NC(c2ccccc2)(c2ccccc2)c2ccccc2)n1. The van der Waals surface area contributed by atoms with Crippen LogP contribution in [-0.2, 0) is 48.9 Å². The lowest BCUT2D eigenvalue weighted by atomic mass is 9.77. The summed E-state index contributed by atoms with van der Waals surface area (Å²) in [6, 6.07) is 31.8. The minimum atomic E-state index is -1.89. The number of amides is 2. The third kappa shape index (κ3) is 7.36. The normalized spacial score (nSPS) is 23.1. The maximum Gasteiger partial charge on any atom is 0.330 e. The maximum atomic E-state index is 14.3. The summed E-state index contributed by atoms with van der Waals surface area (Å²) < 4.78 is 14.1.